The van der Waals surface area contributed by atoms with Gasteiger partial charge in [-0.15, -0.1) is 0 Å². The molecule has 0 fully saturated rings. The summed E-state index contributed by atoms with van der Waals surface area (Å²) in [4.78, 5) is 4.46. The van der Waals surface area contributed by atoms with Crippen molar-refractivity contribution in [2.24, 2.45) is 0 Å². The second-order valence-corrected chi connectivity index (χ2v) is 5.33. The van der Waals surface area contributed by atoms with Crippen LogP contribution >= 0.6 is 0 Å². The zero-order chi connectivity index (χ0) is 15.6. The van der Waals surface area contributed by atoms with Crippen molar-refractivity contribution in [2.45, 2.75) is 6.92 Å². The van der Waals surface area contributed by atoms with Crippen molar-refractivity contribution in [3.8, 4) is 17.2 Å². The molecule has 0 amide bonds. The van der Waals surface area contributed by atoms with Crippen LogP contribution in [0.4, 0.5) is 0 Å². The number of benzene rings is 2. The lowest BCUT2D eigenvalue weighted by Gasteiger charge is -2.11. The molecule has 0 atom stereocenters. The number of ether oxygens (including phenoxy) is 1. The van der Waals surface area contributed by atoms with Crippen LogP contribution < -0.4 is 4.74 Å². The zero-order valence-electron chi connectivity index (χ0n) is 12.7. The number of rotatable bonds is 3. The van der Waals surface area contributed by atoms with E-state index in [4.69, 9.17) is 4.74 Å². The molecule has 0 aliphatic carbocycles. The Labute approximate surface area is 134 Å². The Morgan fingerprint density at radius 2 is 1.83 bits per heavy atom. The van der Waals surface area contributed by atoms with Gasteiger partial charge in [-0.1, -0.05) is 18.2 Å². The fraction of sp³-hybridized carbons (Fsp3) is 0.0526. The number of para-hydroxylation sites is 1. The monoisotopic (exact) mass is 301 g/mol. The molecule has 4 aromatic rings. The summed E-state index contributed by atoms with van der Waals surface area (Å²) >= 11 is 0. The standard InChI is InChI=1S/C19H15N3O/c1-14-5-2-3-6-18(14)23-19-9-11-20-17-13-15(7-8-16(17)19)22-12-4-10-21-22/h2-13H,1H3. The van der Waals surface area contributed by atoms with Crippen molar-refractivity contribution in [3.05, 3.63) is 78.8 Å². The molecule has 0 spiro atoms. The first kappa shape index (κ1) is 13.5. The van der Waals surface area contributed by atoms with Gasteiger partial charge in [-0.25, -0.2) is 4.68 Å². The fourth-order valence-electron chi connectivity index (χ4n) is 2.55. The maximum Gasteiger partial charge on any atom is 0.138 e. The van der Waals surface area contributed by atoms with Crippen LogP contribution in [0.2, 0.25) is 0 Å². The van der Waals surface area contributed by atoms with E-state index >= 15 is 0 Å². The third kappa shape index (κ3) is 2.55. The second kappa shape index (κ2) is 5.57. The van der Waals surface area contributed by atoms with E-state index in [0.717, 1.165) is 33.7 Å². The Bertz CT molecular complexity index is 961. The Morgan fingerprint density at radius 3 is 2.65 bits per heavy atom. The Balaban J connectivity index is 1.78. The average molecular weight is 301 g/mol. The SMILES string of the molecule is Cc1ccccc1Oc1ccnc2cc(-n3cccn3)ccc12. The minimum Gasteiger partial charge on any atom is -0.456 e. The van der Waals surface area contributed by atoms with E-state index in [-0.39, 0.29) is 0 Å². The average Bonchev–Trinajstić information content (AvgIpc) is 3.11. The van der Waals surface area contributed by atoms with Crippen molar-refractivity contribution in [1.82, 2.24) is 14.8 Å². The van der Waals surface area contributed by atoms with E-state index in [0.29, 0.717) is 0 Å². The molecule has 112 valence electrons. The van der Waals surface area contributed by atoms with Gasteiger partial charge in [0.05, 0.1) is 11.2 Å². The van der Waals surface area contributed by atoms with E-state index < -0.39 is 0 Å². The van der Waals surface area contributed by atoms with E-state index in [1.54, 1.807) is 12.4 Å². The molecule has 0 saturated heterocycles. The minimum atomic E-state index is 0.802. The predicted molar refractivity (Wildman–Crippen MR) is 90.1 cm³/mol. The molecule has 0 saturated carbocycles. The molecule has 2 heterocycles. The third-order valence-electron chi connectivity index (χ3n) is 3.77. The molecule has 0 aliphatic heterocycles. The van der Waals surface area contributed by atoms with E-state index in [1.807, 2.05) is 72.4 Å². The van der Waals surface area contributed by atoms with Crippen LogP contribution in [0.15, 0.2) is 73.2 Å². The van der Waals surface area contributed by atoms with Crippen LogP contribution in [0.25, 0.3) is 16.6 Å². The molecular formula is C19H15N3O. The summed E-state index contributed by atoms with van der Waals surface area (Å²) in [6.07, 6.45) is 5.44. The molecule has 0 aliphatic rings. The largest absolute Gasteiger partial charge is 0.456 e. The quantitative estimate of drug-likeness (QED) is 0.558. The van der Waals surface area contributed by atoms with Crippen molar-refractivity contribution < 1.29 is 4.74 Å². The van der Waals surface area contributed by atoms with Gasteiger partial charge in [-0.2, -0.15) is 5.10 Å². The zero-order valence-corrected chi connectivity index (χ0v) is 12.7. The van der Waals surface area contributed by atoms with Crippen LogP contribution in [-0.4, -0.2) is 14.8 Å². The topological polar surface area (TPSA) is 39.9 Å². The summed E-state index contributed by atoms with van der Waals surface area (Å²) < 4.78 is 7.91. The maximum absolute atomic E-state index is 6.09. The van der Waals surface area contributed by atoms with Gasteiger partial charge in [-0.3, -0.25) is 4.98 Å². The van der Waals surface area contributed by atoms with Gasteiger partial charge in [0.2, 0.25) is 0 Å². The number of aromatic nitrogens is 3. The summed E-state index contributed by atoms with van der Waals surface area (Å²) in [7, 11) is 0. The molecule has 23 heavy (non-hydrogen) atoms. The van der Waals surface area contributed by atoms with Crippen molar-refractivity contribution in [3.63, 3.8) is 0 Å². The first-order valence-corrected chi connectivity index (χ1v) is 7.43. The summed E-state index contributed by atoms with van der Waals surface area (Å²) in [5, 5.41) is 5.23. The summed E-state index contributed by atoms with van der Waals surface area (Å²) in [5.74, 6) is 1.66. The molecule has 2 aromatic carbocycles. The van der Waals surface area contributed by atoms with Gasteiger partial charge in [0.1, 0.15) is 11.5 Å². The number of nitrogens with zero attached hydrogens (tertiary/aromatic N) is 3. The lowest BCUT2D eigenvalue weighted by molar-refractivity contribution is 0.484. The van der Waals surface area contributed by atoms with Crippen molar-refractivity contribution >= 4 is 10.9 Å². The highest BCUT2D eigenvalue weighted by Gasteiger charge is 2.07. The summed E-state index contributed by atoms with van der Waals surface area (Å²) in [6.45, 7) is 2.04. The molecule has 0 unspecified atom stereocenters. The van der Waals surface area contributed by atoms with Gasteiger partial charge in [0, 0.05) is 24.0 Å². The van der Waals surface area contributed by atoms with Gasteiger partial charge in [0.25, 0.3) is 0 Å². The Kier molecular flexibility index (Phi) is 3.27. The van der Waals surface area contributed by atoms with Crippen LogP contribution in [-0.2, 0) is 0 Å². The minimum absolute atomic E-state index is 0.802. The first-order chi connectivity index (χ1) is 11.3. The van der Waals surface area contributed by atoms with Crippen LogP contribution in [0, 0.1) is 6.92 Å². The van der Waals surface area contributed by atoms with Crippen LogP contribution in [0.5, 0.6) is 11.5 Å². The number of hydrogen-bond donors (Lipinski definition) is 0. The molecule has 0 N–H and O–H groups in total. The molecule has 0 radical (unpaired) electrons. The number of pyridine rings is 1. The van der Waals surface area contributed by atoms with Crippen LogP contribution in [0.3, 0.4) is 0 Å². The predicted octanol–water partition coefficient (Wildman–Crippen LogP) is 4.52. The normalized spacial score (nSPS) is 10.8. The van der Waals surface area contributed by atoms with Gasteiger partial charge < -0.3 is 4.74 Å². The molecule has 4 heteroatoms. The molecule has 2 aromatic heterocycles. The van der Waals surface area contributed by atoms with E-state index in [1.165, 1.54) is 0 Å². The smallest absolute Gasteiger partial charge is 0.138 e. The first-order valence-electron chi connectivity index (χ1n) is 7.43. The molecule has 0 bridgehead atoms. The lowest BCUT2D eigenvalue weighted by Crippen LogP contribution is -1.95. The molecule has 4 nitrogen and oxygen atoms in total. The van der Waals surface area contributed by atoms with Gasteiger partial charge in [-0.05, 0) is 48.9 Å². The van der Waals surface area contributed by atoms with Crippen molar-refractivity contribution in [2.75, 3.05) is 0 Å². The highest BCUT2D eigenvalue weighted by atomic mass is 16.5. The number of hydrogen-bond acceptors (Lipinski definition) is 3. The van der Waals surface area contributed by atoms with E-state index in [2.05, 4.69) is 10.1 Å². The third-order valence-corrected chi connectivity index (χ3v) is 3.77. The highest BCUT2D eigenvalue weighted by molar-refractivity contribution is 5.86. The van der Waals surface area contributed by atoms with Crippen LogP contribution in [0.1, 0.15) is 5.56 Å². The van der Waals surface area contributed by atoms with Gasteiger partial charge in [0.15, 0.2) is 0 Å². The maximum atomic E-state index is 6.09. The second-order valence-electron chi connectivity index (χ2n) is 5.33. The molecule has 4 rings (SSSR count). The Morgan fingerprint density at radius 1 is 0.913 bits per heavy atom. The van der Waals surface area contributed by atoms with Gasteiger partial charge >= 0.3 is 0 Å². The number of fused-ring (bicyclic) bond motifs is 1. The van der Waals surface area contributed by atoms with Crippen molar-refractivity contribution in [1.29, 1.82) is 0 Å². The number of aryl methyl sites for hydroxylation is 1. The molecular weight excluding hydrogens is 286 g/mol. The fourth-order valence-corrected chi connectivity index (χ4v) is 2.55. The Hall–Kier alpha value is -3.14. The summed E-state index contributed by atoms with van der Waals surface area (Å²) in [6, 6.07) is 17.8. The summed E-state index contributed by atoms with van der Waals surface area (Å²) in [5.41, 5.74) is 2.96. The van der Waals surface area contributed by atoms with E-state index in [9.17, 15) is 0 Å². The lowest BCUT2D eigenvalue weighted by atomic mass is 10.2. The highest BCUT2D eigenvalue weighted by Crippen LogP contribution is 2.31.